The molecule has 3 heterocycles. The van der Waals surface area contributed by atoms with Crippen molar-refractivity contribution in [3.63, 3.8) is 0 Å². The predicted molar refractivity (Wildman–Crippen MR) is 108 cm³/mol. The van der Waals surface area contributed by atoms with Crippen molar-refractivity contribution in [2.24, 2.45) is 0 Å². The number of benzene rings is 1. The Bertz CT molecular complexity index is 1040. The zero-order valence-corrected chi connectivity index (χ0v) is 17.2. The third kappa shape index (κ3) is 3.48. The number of ether oxygens (including phenoxy) is 2. The molecule has 0 fully saturated rings. The summed E-state index contributed by atoms with van der Waals surface area (Å²) in [4.78, 5) is 25.6. The van der Waals surface area contributed by atoms with E-state index in [1.807, 2.05) is 16.7 Å². The van der Waals surface area contributed by atoms with Crippen LogP contribution in [0.3, 0.4) is 0 Å². The number of amides is 1. The van der Waals surface area contributed by atoms with Crippen molar-refractivity contribution in [1.29, 1.82) is 0 Å². The van der Waals surface area contributed by atoms with Gasteiger partial charge >= 0.3 is 0 Å². The molecule has 0 saturated heterocycles. The Labute approximate surface area is 172 Å². The number of nitrogens with zero attached hydrogens (tertiary/aromatic N) is 4. The fourth-order valence-corrected chi connectivity index (χ4v) is 4.34. The second-order valence-corrected chi connectivity index (χ2v) is 7.81. The van der Waals surface area contributed by atoms with E-state index in [9.17, 15) is 4.79 Å². The lowest BCUT2D eigenvalue weighted by molar-refractivity contribution is -0.120. The van der Waals surface area contributed by atoms with Gasteiger partial charge in [0.25, 0.3) is 0 Å². The fraction of sp³-hybridized carbons (Fsp3) is 0.250. The standard InChI is InChI=1S/C16H15IN6O3S/c1-19-12(24)2-3-23-15-13(14(18)20-6-21-15)22-16(23)27-11-5-10-9(4-8(11)17)25-7-26-10/h4-6H,2-3,7H2,1H3,(H,19,24)(H2,18,20,21). The number of imidazole rings is 1. The number of carbonyl (C=O) groups is 1. The molecule has 0 aliphatic carbocycles. The highest BCUT2D eigenvalue weighted by Crippen LogP contribution is 2.41. The first kappa shape index (κ1) is 18.1. The Balaban J connectivity index is 1.74. The number of hydrogen-bond donors (Lipinski definition) is 2. The molecule has 0 radical (unpaired) electrons. The first-order valence-electron chi connectivity index (χ1n) is 8.01. The van der Waals surface area contributed by atoms with Gasteiger partial charge in [-0.15, -0.1) is 0 Å². The number of nitrogens with one attached hydrogen (secondary N) is 1. The Morgan fingerprint density at radius 2 is 2.15 bits per heavy atom. The van der Waals surface area contributed by atoms with Crippen LogP contribution in [0.4, 0.5) is 5.82 Å². The normalized spacial score (nSPS) is 12.5. The van der Waals surface area contributed by atoms with Gasteiger partial charge in [-0.25, -0.2) is 15.0 Å². The Morgan fingerprint density at radius 3 is 2.93 bits per heavy atom. The van der Waals surface area contributed by atoms with Crippen LogP contribution in [-0.2, 0) is 11.3 Å². The maximum Gasteiger partial charge on any atom is 0.231 e. The number of nitrogen functional groups attached to an aromatic ring is 1. The Kier molecular flexibility index (Phi) is 4.95. The highest BCUT2D eigenvalue weighted by atomic mass is 127. The molecule has 4 rings (SSSR count). The Hall–Kier alpha value is -2.28. The number of carbonyl (C=O) groups excluding carboxylic acids is 1. The van der Waals surface area contributed by atoms with Gasteiger partial charge in [-0.3, -0.25) is 4.79 Å². The smallest absolute Gasteiger partial charge is 0.231 e. The van der Waals surface area contributed by atoms with Gasteiger partial charge < -0.3 is 25.1 Å². The topological polar surface area (TPSA) is 117 Å². The van der Waals surface area contributed by atoms with E-state index in [-0.39, 0.29) is 12.7 Å². The third-order valence-electron chi connectivity index (χ3n) is 3.99. The van der Waals surface area contributed by atoms with Gasteiger partial charge in [-0.05, 0) is 34.7 Å². The van der Waals surface area contributed by atoms with Crippen LogP contribution >= 0.6 is 34.4 Å². The first-order chi connectivity index (χ1) is 13.1. The molecule has 0 atom stereocenters. The SMILES string of the molecule is CNC(=O)CCn1c(Sc2cc3c(cc2I)OCO3)nc2c(N)ncnc21. The van der Waals surface area contributed by atoms with Crippen LogP contribution < -0.4 is 20.5 Å². The quantitative estimate of drug-likeness (QED) is 0.514. The molecule has 2 aromatic heterocycles. The lowest BCUT2D eigenvalue weighted by Gasteiger charge is -2.09. The van der Waals surface area contributed by atoms with E-state index in [4.69, 9.17) is 15.2 Å². The summed E-state index contributed by atoms with van der Waals surface area (Å²) in [6.07, 6.45) is 1.70. The zero-order chi connectivity index (χ0) is 19.0. The summed E-state index contributed by atoms with van der Waals surface area (Å²) in [6, 6.07) is 3.85. The lowest BCUT2D eigenvalue weighted by Crippen LogP contribution is -2.19. The van der Waals surface area contributed by atoms with Crippen LogP contribution in [0.25, 0.3) is 11.2 Å². The Morgan fingerprint density at radius 1 is 1.37 bits per heavy atom. The second-order valence-electron chi connectivity index (χ2n) is 5.64. The van der Waals surface area contributed by atoms with Crippen molar-refractivity contribution >= 4 is 57.2 Å². The average molecular weight is 498 g/mol. The van der Waals surface area contributed by atoms with Crippen molar-refractivity contribution in [3.05, 3.63) is 22.0 Å². The van der Waals surface area contributed by atoms with Crippen molar-refractivity contribution in [2.45, 2.75) is 23.0 Å². The van der Waals surface area contributed by atoms with E-state index >= 15 is 0 Å². The van der Waals surface area contributed by atoms with Crippen molar-refractivity contribution in [2.75, 3.05) is 19.6 Å². The summed E-state index contributed by atoms with van der Waals surface area (Å²) >= 11 is 3.70. The monoisotopic (exact) mass is 498 g/mol. The van der Waals surface area contributed by atoms with Crippen LogP contribution in [0, 0.1) is 3.57 Å². The summed E-state index contributed by atoms with van der Waals surface area (Å²) in [5, 5.41) is 3.30. The summed E-state index contributed by atoms with van der Waals surface area (Å²) in [5.74, 6) is 1.67. The lowest BCUT2D eigenvalue weighted by atomic mass is 10.3. The van der Waals surface area contributed by atoms with Crippen LogP contribution in [0.2, 0.25) is 0 Å². The van der Waals surface area contributed by atoms with Gasteiger partial charge in [-0.1, -0.05) is 11.8 Å². The van der Waals surface area contributed by atoms with Crippen LogP contribution in [0.15, 0.2) is 28.5 Å². The molecule has 9 nitrogen and oxygen atoms in total. The summed E-state index contributed by atoms with van der Waals surface area (Å²) in [7, 11) is 1.61. The van der Waals surface area contributed by atoms with E-state index in [0.29, 0.717) is 40.9 Å². The van der Waals surface area contributed by atoms with Gasteiger partial charge in [0.15, 0.2) is 33.6 Å². The minimum Gasteiger partial charge on any atom is -0.454 e. The molecule has 3 aromatic rings. The van der Waals surface area contributed by atoms with Crippen molar-refractivity contribution in [1.82, 2.24) is 24.8 Å². The molecule has 27 heavy (non-hydrogen) atoms. The van der Waals surface area contributed by atoms with Gasteiger partial charge in [0, 0.05) is 28.5 Å². The number of rotatable bonds is 5. The molecule has 0 spiro atoms. The van der Waals surface area contributed by atoms with Gasteiger partial charge in [-0.2, -0.15) is 0 Å². The second kappa shape index (κ2) is 7.38. The average Bonchev–Trinajstić information content (AvgIpc) is 3.25. The maximum absolute atomic E-state index is 11.7. The van der Waals surface area contributed by atoms with E-state index in [1.54, 1.807) is 7.05 Å². The number of anilines is 1. The van der Waals surface area contributed by atoms with E-state index < -0.39 is 0 Å². The molecule has 140 valence electrons. The minimum atomic E-state index is -0.0625. The highest BCUT2D eigenvalue weighted by molar-refractivity contribution is 14.1. The molecule has 1 aromatic carbocycles. The molecule has 0 unspecified atom stereocenters. The largest absolute Gasteiger partial charge is 0.454 e. The van der Waals surface area contributed by atoms with Crippen LogP contribution in [0.1, 0.15) is 6.42 Å². The number of halogens is 1. The summed E-state index contributed by atoms with van der Waals surface area (Å²) < 4.78 is 13.8. The van der Waals surface area contributed by atoms with Crippen molar-refractivity contribution < 1.29 is 14.3 Å². The van der Waals surface area contributed by atoms with Gasteiger partial charge in [0.1, 0.15) is 6.33 Å². The van der Waals surface area contributed by atoms with Crippen molar-refractivity contribution in [3.8, 4) is 11.5 Å². The number of aromatic nitrogens is 4. The third-order valence-corrected chi connectivity index (χ3v) is 6.31. The van der Waals surface area contributed by atoms with E-state index in [0.717, 1.165) is 14.2 Å². The molecule has 0 saturated carbocycles. The number of hydrogen-bond acceptors (Lipinski definition) is 8. The first-order valence-corrected chi connectivity index (χ1v) is 9.90. The molecule has 1 amide bonds. The summed E-state index contributed by atoms with van der Waals surface area (Å²) in [5.41, 5.74) is 7.09. The van der Waals surface area contributed by atoms with Gasteiger partial charge in [0.2, 0.25) is 12.7 Å². The molecule has 1 aliphatic heterocycles. The van der Waals surface area contributed by atoms with E-state index in [1.165, 1.54) is 18.1 Å². The molecule has 0 bridgehead atoms. The minimum absolute atomic E-state index is 0.0625. The predicted octanol–water partition coefficient (Wildman–Crippen LogP) is 2.03. The molecule has 3 N–H and O–H groups in total. The molecule has 1 aliphatic rings. The molecular formula is C16H15IN6O3S. The highest BCUT2D eigenvalue weighted by Gasteiger charge is 2.21. The van der Waals surface area contributed by atoms with E-state index in [2.05, 4.69) is 42.9 Å². The fourth-order valence-electron chi connectivity index (χ4n) is 2.63. The van der Waals surface area contributed by atoms with Crippen LogP contribution in [0.5, 0.6) is 11.5 Å². The summed E-state index contributed by atoms with van der Waals surface area (Å²) in [6.45, 7) is 0.645. The maximum atomic E-state index is 11.7. The molecule has 11 heteroatoms. The van der Waals surface area contributed by atoms with Gasteiger partial charge in [0.05, 0.1) is 0 Å². The molecular weight excluding hydrogens is 483 g/mol. The zero-order valence-electron chi connectivity index (χ0n) is 14.2. The number of fused-ring (bicyclic) bond motifs is 2. The van der Waals surface area contributed by atoms with Crippen LogP contribution in [-0.4, -0.2) is 39.3 Å². The number of aryl methyl sites for hydroxylation is 1. The number of nitrogens with two attached hydrogens (primary N) is 1.